The molecule has 0 saturated carbocycles. The van der Waals surface area contributed by atoms with Crippen molar-refractivity contribution in [3.8, 4) is 5.75 Å². The van der Waals surface area contributed by atoms with Gasteiger partial charge in [-0.2, -0.15) is 0 Å². The van der Waals surface area contributed by atoms with Crippen molar-refractivity contribution >= 4 is 25.0 Å². The van der Waals surface area contributed by atoms with E-state index in [9.17, 15) is 4.79 Å². The van der Waals surface area contributed by atoms with Gasteiger partial charge in [0.25, 0.3) is 0 Å². The average molecular weight is 336 g/mol. The van der Waals surface area contributed by atoms with Crippen LogP contribution in [0, 0.1) is 5.41 Å². The Kier molecular flexibility index (Phi) is 16.7. The molecular weight excluding hydrogens is 308 g/mol. The van der Waals surface area contributed by atoms with Crippen LogP contribution in [0.4, 0.5) is 0 Å². The lowest BCUT2D eigenvalue weighted by Gasteiger charge is -2.04. The van der Waals surface area contributed by atoms with Crippen molar-refractivity contribution in [3.63, 3.8) is 0 Å². The van der Waals surface area contributed by atoms with Gasteiger partial charge < -0.3 is 26.7 Å². The van der Waals surface area contributed by atoms with Crippen molar-refractivity contribution in [1.82, 2.24) is 0 Å². The highest BCUT2D eigenvalue weighted by molar-refractivity contribution is 5.82. The molecule has 1 aromatic rings. The first-order chi connectivity index (χ1) is 11.7. The van der Waals surface area contributed by atoms with E-state index in [1.54, 1.807) is 13.2 Å². The number of nitrogens with two attached hydrogens (primary N) is 2. The Labute approximate surface area is 143 Å². The number of aliphatic imine (C=N–C) groups is 1. The van der Waals surface area contributed by atoms with Gasteiger partial charge in [0.15, 0.2) is 0 Å². The number of aliphatic carboxylic acids is 1. The molecule has 0 spiro atoms. The van der Waals surface area contributed by atoms with E-state index in [0.29, 0.717) is 19.4 Å². The van der Waals surface area contributed by atoms with E-state index in [4.69, 9.17) is 21.0 Å². The number of carbonyl (C=O) groups is 1. The molecule has 0 aliphatic heterocycles. The molecule has 1 atom stereocenters. The molecule has 1 unspecified atom stereocenters. The summed E-state index contributed by atoms with van der Waals surface area (Å²) in [4.78, 5) is 15.0. The van der Waals surface area contributed by atoms with Crippen molar-refractivity contribution in [2.45, 2.75) is 18.9 Å². The predicted molar refractivity (Wildman–Crippen MR) is 100 cm³/mol. The Morgan fingerprint density at radius 1 is 1.38 bits per heavy atom. The smallest absolute Gasteiger partial charge is 0.328 e. The van der Waals surface area contributed by atoms with Gasteiger partial charge in [0.2, 0.25) is 0 Å². The van der Waals surface area contributed by atoms with Crippen molar-refractivity contribution in [3.05, 3.63) is 35.9 Å². The van der Waals surface area contributed by atoms with Crippen LogP contribution in [0.15, 0.2) is 35.3 Å². The minimum atomic E-state index is -0.924. The average Bonchev–Trinajstić information content (AvgIpc) is 2.64. The summed E-state index contributed by atoms with van der Waals surface area (Å²) in [6.07, 6.45) is 6.19. The molecule has 0 fully saturated rings. The molecule has 0 bridgehead atoms. The highest BCUT2D eigenvalue weighted by Crippen LogP contribution is 2.12. The standard InChI is InChI=1S/C15H20N2O3.CH5N.CH3N/c1-20-13-8-6-12(7-9-13)4-3-11-17-14(15(18)19)5-2-10-16;2*1-2/h3-4,6-9,11,14H,2,5,10,16H2,1H3,(H,18,19);2H2,1H3;2H,1H2/b4-3+,17-11?;;. The van der Waals surface area contributed by atoms with Gasteiger partial charge in [-0.05, 0) is 56.9 Å². The lowest BCUT2D eigenvalue weighted by molar-refractivity contribution is -0.138. The van der Waals surface area contributed by atoms with Crippen LogP contribution >= 0.6 is 0 Å². The zero-order chi connectivity index (χ0) is 18.8. The van der Waals surface area contributed by atoms with Crippen LogP contribution in [0.1, 0.15) is 18.4 Å². The van der Waals surface area contributed by atoms with Gasteiger partial charge in [0, 0.05) is 6.21 Å². The minimum absolute atomic E-state index is 0.457. The minimum Gasteiger partial charge on any atom is -0.497 e. The normalized spacial score (nSPS) is 11.2. The molecule has 1 aromatic carbocycles. The molecule has 7 nitrogen and oxygen atoms in total. The van der Waals surface area contributed by atoms with Crippen LogP contribution in [0.5, 0.6) is 5.75 Å². The largest absolute Gasteiger partial charge is 0.497 e. The van der Waals surface area contributed by atoms with Crippen molar-refractivity contribution in [2.24, 2.45) is 16.5 Å². The summed E-state index contributed by atoms with van der Waals surface area (Å²) in [6.45, 7) is 2.97. The lowest BCUT2D eigenvalue weighted by atomic mass is 10.1. The summed E-state index contributed by atoms with van der Waals surface area (Å²) in [7, 11) is 3.12. The fourth-order valence-corrected chi connectivity index (χ4v) is 1.60. The highest BCUT2D eigenvalue weighted by atomic mass is 16.5. The number of ether oxygens (including phenoxy) is 1. The molecule has 0 aromatic heterocycles. The molecule has 0 amide bonds. The van der Waals surface area contributed by atoms with E-state index in [1.165, 1.54) is 13.3 Å². The lowest BCUT2D eigenvalue weighted by Crippen LogP contribution is -2.19. The summed E-state index contributed by atoms with van der Waals surface area (Å²) in [5.41, 5.74) is 10.9. The number of carboxylic acid groups (broad SMARTS) is 1. The quantitative estimate of drug-likeness (QED) is 0.537. The maximum Gasteiger partial charge on any atom is 0.328 e. The summed E-state index contributed by atoms with van der Waals surface area (Å²) >= 11 is 0. The van der Waals surface area contributed by atoms with Gasteiger partial charge in [0.1, 0.15) is 11.8 Å². The maximum atomic E-state index is 10.9. The number of hydrogen-bond donors (Lipinski definition) is 4. The van der Waals surface area contributed by atoms with Crippen LogP contribution in [0.2, 0.25) is 0 Å². The summed E-state index contributed by atoms with van der Waals surface area (Å²) < 4.78 is 5.06. The molecule has 0 saturated heterocycles. The predicted octanol–water partition coefficient (Wildman–Crippen LogP) is 1.81. The Morgan fingerprint density at radius 2 is 1.96 bits per heavy atom. The van der Waals surface area contributed by atoms with Crippen LogP contribution in [0.3, 0.4) is 0 Å². The summed E-state index contributed by atoms with van der Waals surface area (Å²) in [5, 5.41) is 14.5. The first-order valence-electron chi connectivity index (χ1n) is 7.37. The Bertz CT molecular complexity index is 487. The number of carboxylic acids is 1. The second-order valence-corrected chi connectivity index (χ2v) is 4.22. The fourth-order valence-electron chi connectivity index (χ4n) is 1.60. The van der Waals surface area contributed by atoms with E-state index in [2.05, 4.69) is 17.4 Å². The van der Waals surface area contributed by atoms with Gasteiger partial charge in [0.05, 0.1) is 7.11 Å². The van der Waals surface area contributed by atoms with Gasteiger partial charge in [-0.1, -0.05) is 18.2 Å². The van der Waals surface area contributed by atoms with Gasteiger partial charge in [-0.15, -0.1) is 0 Å². The molecule has 0 radical (unpaired) electrons. The van der Waals surface area contributed by atoms with E-state index in [1.807, 2.05) is 30.3 Å². The van der Waals surface area contributed by atoms with Crippen molar-refractivity contribution in [1.29, 1.82) is 5.41 Å². The molecule has 1 rings (SSSR count). The van der Waals surface area contributed by atoms with E-state index < -0.39 is 12.0 Å². The molecule has 24 heavy (non-hydrogen) atoms. The number of benzene rings is 1. The monoisotopic (exact) mass is 336 g/mol. The molecule has 0 aliphatic rings. The Balaban J connectivity index is 0. The third-order valence-electron chi connectivity index (χ3n) is 2.72. The molecule has 7 heteroatoms. The number of rotatable bonds is 8. The molecular formula is C17H28N4O3. The molecule has 0 aliphatic carbocycles. The zero-order valence-corrected chi connectivity index (χ0v) is 14.3. The number of allylic oxidation sites excluding steroid dienone is 1. The topological polar surface area (TPSA) is 135 Å². The second kappa shape index (κ2) is 16.9. The molecule has 6 N–H and O–H groups in total. The third-order valence-corrected chi connectivity index (χ3v) is 2.72. The van der Waals surface area contributed by atoms with Crippen LogP contribution in [-0.4, -0.2) is 50.8 Å². The van der Waals surface area contributed by atoms with Crippen LogP contribution in [-0.2, 0) is 4.79 Å². The fraction of sp³-hybridized carbons (Fsp3) is 0.353. The second-order valence-electron chi connectivity index (χ2n) is 4.22. The van der Waals surface area contributed by atoms with E-state index >= 15 is 0 Å². The van der Waals surface area contributed by atoms with Gasteiger partial charge >= 0.3 is 5.97 Å². The van der Waals surface area contributed by atoms with E-state index in [-0.39, 0.29) is 0 Å². The van der Waals surface area contributed by atoms with Crippen molar-refractivity contribution in [2.75, 3.05) is 20.7 Å². The number of hydrogen-bond acceptors (Lipinski definition) is 6. The molecule has 134 valence electrons. The van der Waals surface area contributed by atoms with Gasteiger partial charge in [-0.3, -0.25) is 4.99 Å². The first-order valence-corrected chi connectivity index (χ1v) is 7.37. The van der Waals surface area contributed by atoms with E-state index in [0.717, 1.165) is 11.3 Å². The Morgan fingerprint density at radius 3 is 2.42 bits per heavy atom. The number of nitrogens with one attached hydrogen (secondary N) is 1. The molecule has 0 heterocycles. The number of methoxy groups -OCH3 is 1. The van der Waals surface area contributed by atoms with Gasteiger partial charge in [-0.25, -0.2) is 4.79 Å². The Hall–Kier alpha value is -2.51. The van der Waals surface area contributed by atoms with Crippen LogP contribution in [0.25, 0.3) is 6.08 Å². The number of nitrogens with zero attached hydrogens (tertiary/aromatic N) is 1. The maximum absolute atomic E-state index is 10.9. The zero-order valence-electron chi connectivity index (χ0n) is 14.3. The van der Waals surface area contributed by atoms with Crippen molar-refractivity contribution < 1.29 is 14.6 Å². The first kappa shape index (κ1) is 23.8. The summed E-state index contributed by atoms with van der Waals surface area (Å²) in [5.74, 6) is -0.129. The third kappa shape index (κ3) is 11.1. The highest BCUT2D eigenvalue weighted by Gasteiger charge is 2.13. The summed E-state index contributed by atoms with van der Waals surface area (Å²) in [6, 6.07) is 6.81. The SMILES string of the molecule is C=N.CN.COc1ccc(/C=C/C=NC(CCCN)C(=O)O)cc1. The van der Waals surface area contributed by atoms with Crippen LogP contribution < -0.4 is 16.2 Å².